The molecule has 0 amide bonds. The maximum atomic E-state index is 7.56. The van der Waals surface area contributed by atoms with Crippen LogP contribution in [0.2, 0.25) is 0 Å². The molecule has 0 unspecified atom stereocenters. The number of hydrogen-bond acceptors (Lipinski definition) is 3. The molecular weight excluding hydrogens is 208 g/mol. The summed E-state index contributed by atoms with van der Waals surface area (Å²) in [6, 6.07) is 0. The van der Waals surface area contributed by atoms with E-state index in [1.165, 1.54) is 0 Å². The van der Waals surface area contributed by atoms with Gasteiger partial charge in [-0.15, -0.1) is 0 Å². The van der Waals surface area contributed by atoms with Crippen molar-refractivity contribution in [2.75, 3.05) is 20.7 Å². The number of thiocarbonyl (C=S) groups is 2. The number of rotatable bonds is 2. The number of aliphatic hydroxyl groups is 1. The fraction of sp³-hybridized carbons (Fsp3) is 0.714. The SMILES string of the molecule is CCCOC(=S)N(C)C.NC(O)=S. The Kier molecular flexibility index (Phi) is 10.8. The summed E-state index contributed by atoms with van der Waals surface area (Å²) in [6.45, 7) is 2.77. The van der Waals surface area contributed by atoms with Crippen LogP contribution in [0.25, 0.3) is 0 Å². The number of ether oxygens (including phenoxy) is 1. The summed E-state index contributed by atoms with van der Waals surface area (Å²) in [4.78, 5) is 1.78. The lowest BCUT2D eigenvalue weighted by Gasteiger charge is -2.13. The molecule has 0 atom stereocenters. The second-order valence-corrected chi connectivity index (χ2v) is 3.11. The fourth-order valence-corrected chi connectivity index (χ4v) is 0.402. The van der Waals surface area contributed by atoms with Crippen molar-refractivity contribution in [2.24, 2.45) is 5.73 Å². The second kappa shape index (κ2) is 9.47. The summed E-state index contributed by atoms with van der Waals surface area (Å²) in [5, 5.41) is 7.63. The number of nitrogens with two attached hydrogens (primary N) is 1. The van der Waals surface area contributed by atoms with E-state index in [9.17, 15) is 0 Å². The zero-order valence-corrected chi connectivity index (χ0v) is 9.74. The second-order valence-electron chi connectivity index (χ2n) is 2.35. The molecule has 0 radical (unpaired) electrons. The Balaban J connectivity index is 0. The third kappa shape index (κ3) is 18.4. The monoisotopic (exact) mass is 224 g/mol. The van der Waals surface area contributed by atoms with Crippen LogP contribution in [0.5, 0.6) is 0 Å². The largest absolute Gasteiger partial charge is 0.487 e. The number of aliphatic hydroxyl groups excluding tert-OH is 1. The van der Waals surface area contributed by atoms with Crippen molar-refractivity contribution < 1.29 is 9.84 Å². The van der Waals surface area contributed by atoms with E-state index in [-0.39, 0.29) is 0 Å². The highest BCUT2D eigenvalue weighted by Gasteiger charge is 1.95. The van der Waals surface area contributed by atoms with Crippen LogP contribution in [-0.4, -0.2) is 41.1 Å². The summed E-state index contributed by atoms with van der Waals surface area (Å²) >= 11 is 8.72. The van der Waals surface area contributed by atoms with Gasteiger partial charge in [-0.2, -0.15) is 0 Å². The van der Waals surface area contributed by atoms with Gasteiger partial charge >= 0.3 is 0 Å². The van der Waals surface area contributed by atoms with Crippen molar-refractivity contribution in [3.63, 3.8) is 0 Å². The molecule has 0 saturated carbocycles. The summed E-state index contributed by atoms with van der Waals surface area (Å²) in [5.74, 6) is 0. The van der Waals surface area contributed by atoms with Crippen LogP contribution >= 0.6 is 24.4 Å². The minimum absolute atomic E-state index is 0.500. The molecule has 0 spiro atoms. The van der Waals surface area contributed by atoms with E-state index in [2.05, 4.69) is 24.9 Å². The molecule has 0 aliphatic heterocycles. The van der Waals surface area contributed by atoms with Crippen LogP contribution in [0.4, 0.5) is 0 Å². The maximum Gasteiger partial charge on any atom is 0.258 e. The third-order valence-electron chi connectivity index (χ3n) is 0.795. The summed E-state index contributed by atoms with van der Waals surface area (Å²) in [6.07, 6.45) is 1.01. The minimum Gasteiger partial charge on any atom is -0.487 e. The highest BCUT2D eigenvalue weighted by molar-refractivity contribution is 7.80. The van der Waals surface area contributed by atoms with Crippen molar-refractivity contribution in [1.29, 1.82) is 0 Å². The van der Waals surface area contributed by atoms with Crippen molar-refractivity contribution in [3.05, 3.63) is 0 Å². The smallest absolute Gasteiger partial charge is 0.258 e. The molecule has 0 aromatic rings. The lowest BCUT2D eigenvalue weighted by atomic mass is 10.5. The molecule has 0 aromatic carbocycles. The van der Waals surface area contributed by atoms with E-state index < -0.39 is 5.17 Å². The van der Waals surface area contributed by atoms with Gasteiger partial charge in [-0.1, -0.05) is 6.92 Å². The quantitative estimate of drug-likeness (QED) is 0.684. The van der Waals surface area contributed by atoms with Crippen LogP contribution < -0.4 is 5.73 Å². The molecule has 0 aromatic heterocycles. The fourth-order valence-electron chi connectivity index (χ4n) is 0.318. The lowest BCUT2D eigenvalue weighted by molar-refractivity contribution is 0.269. The van der Waals surface area contributed by atoms with Crippen LogP contribution in [0, 0.1) is 0 Å². The van der Waals surface area contributed by atoms with Gasteiger partial charge in [0.05, 0.1) is 6.61 Å². The molecule has 3 N–H and O–H groups in total. The third-order valence-corrected chi connectivity index (χ3v) is 1.28. The highest BCUT2D eigenvalue weighted by Crippen LogP contribution is 1.87. The predicted molar refractivity (Wildman–Crippen MR) is 61.9 cm³/mol. The first-order valence-electron chi connectivity index (χ1n) is 3.74. The van der Waals surface area contributed by atoms with Gasteiger partial charge in [0.15, 0.2) is 0 Å². The zero-order valence-electron chi connectivity index (χ0n) is 8.11. The Hall–Kier alpha value is -0.620. The van der Waals surface area contributed by atoms with Gasteiger partial charge in [-0.05, 0) is 30.9 Å². The van der Waals surface area contributed by atoms with E-state index in [1.807, 2.05) is 14.1 Å². The average molecular weight is 224 g/mol. The summed E-state index contributed by atoms with van der Waals surface area (Å²) in [7, 11) is 3.75. The molecule has 0 aliphatic rings. The van der Waals surface area contributed by atoms with Gasteiger partial charge in [0.25, 0.3) is 10.3 Å². The number of nitrogens with zero attached hydrogens (tertiary/aromatic N) is 1. The van der Waals surface area contributed by atoms with Crippen LogP contribution in [0.15, 0.2) is 0 Å². The van der Waals surface area contributed by atoms with Gasteiger partial charge in [0, 0.05) is 14.1 Å². The van der Waals surface area contributed by atoms with Crippen molar-refractivity contribution in [2.45, 2.75) is 13.3 Å². The van der Waals surface area contributed by atoms with E-state index in [0.717, 1.165) is 13.0 Å². The predicted octanol–water partition coefficient (Wildman–Crippen LogP) is 1.05. The molecule has 0 rings (SSSR count). The summed E-state index contributed by atoms with van der Waals surface area (Å²) < 4.78 is 5.11. The Morgan fingerprint density at radius 3 is 2.08 bits per heavy atom. The first-order valence-corrected chi connectivity index (χ1v) is 4.55. The first-order chi connectivity index (χ1) is 5.91. The van der Waals surface area contributed by atoms with Crippen molar-refractivity contribution in [1.82, 2.24) is 4.90 Å². The first kappa shape index (κ1) is 14.9. The number of hydrogen-bond donors (Lipinski definition) is 2. The van der Waals surface area contributed by atoms with Gasteiger partial charge in [0.2, 0.25) is 0 Å². The zero-order chi connectivity index (χ0) is 10.9. The van der Waals surface area contributed by atoms with Crippen molar-refractivity contribution >= 4 is 34.8 Å². The van der Waals surface area contributed by atoms with E-state index >= 15 is 0 Å². The normalized spacial score (nSPS) is 7.92. The Morgan fingerprint density at radius 2 is 1.85 bits per heavy atom. The van der Waals surface area contributed by atoms with Gasteiger partial charge < -0.3 is 20.5 Å². The molecule has 13 heavy (non-hydrogen) atoms. The van der Waals surface area contributed by atoms with E-state index in [4.69, 9.17) is 22.1 Å². The van der Waals surface area contributed by atoms with E-state index in [1.54, 1.807) is 4.90 Å². The Bertz CT molecular complexity index is 159. The maximum absolute atomic E-state index is 7.56. The molecule has 6 heteroatoms. The van der Waals surface area contributed by atoms with Gasteiger partial charge in [0.1, 0.15) is 0 Å². The van der Waals surface area contributed by atoms with Gasteiger partial charge in [-0.3, -0.25) is 0 Å². The lowest BCUT2D eigenvalue weighted by Crippen LogP contribution is -2.22. The average Bonchev–Trinajstić information content (AvgIpc) is 1.98. The minimum atomic E-state index is -0.500. The van der Waals surface area contributed by atoms with Gasteiger partial charge in [-0.25, -0.2) is 0 Å². The topological polar surface area (TPSA) is 58.7 Å². The summed E-state index contributed by atoms with van der Waals surface area (Å²) in [5.41, 5.74) is 4.40. The molecule has 4 nitrogen and oxygen atoms in total. The standard InChI is InChI=1S/C6H13NOS.CH3NOS/c1-4-5-8-6(9)7(2)3;2-1(3)4/h4-5H2,1-3H3;(H3,2,3,4). The Morgan fingerprint density at radius 1 is 1.46 bits per heavy atom. The van der Waals surface area contributed by atoms with Crippen LogP contribution in [0.3, 0.4) is 0 Å². The van der Waals surface area contributed by atoms with E-state index in [0.29, 0.717) is 5.17 Å². The molecule has 78 valence electrons. The van der Waals surface area contributed by atoms with Crippen LogP contribution in [-0.2, 0) is 4.74 Å². The van der Waals surface area contributed by atoms with Crippen LogP contribution in [0.1, 0.15) is 13.3 Å². The molecule has 0 aliphatic carbocycles. The van der Waals surface area contributed by atoms with Crippen molar-refractivity contribution in [3.8, 4) is 0 Å². The highest BCUT2D eigenvalue weighted by atomic mass is 32.1. The molecule has 0 heterocycles. The Labute approximate surface area is 89.7 Å². The molecule has 0 fully saturated rings. The molecule has 0 bridgehead atoms. The molecule has 0 saturated heterocycles. The molecular formula is C7H16N2O2S2.